The van der Waals surface area contributed by atoms with Crippen LogP contribution in [0.25, 0.3) is 0 Å². The summed E-state index contributed by atoms with van der Waals surface area (Å²) in [6.07, 6.45) is 3.70. The van der Waals surface area contributed by atoms with E-state index in [9.17, 15) is 18.4 Å². The maximum atomic E-state index is 13.3. The van der Waals surface area contributed by atoms with Crippen molar-refractivity contribution >= 4 is 28.3 Å². The summed E-state index contributed by atoms with van der Waals surface area (Å²) >= 11 is 1.39. The molecule has 32 heavy (non-hydrogen) atoms. The summed E-state index contributed by atoms with van der Waals surface area (Å²) in [5, 5.41) is 9.34. The summed E-state index contributed by atoms with van der Waals surface area (Å²) in [6, 6.07) is 2.31. The summed E-state index contributed by atoms with van der Waals surface area (Å²) in [7, 11) is 0. The molecule has 0 spiro atoms. The first-order chi connectivity index (χ1) is 15.2. The smallest absolute Gasteiger partial charge is 0.248 e. The maximum absolute atomic E-state index is 13.3. The van der Waals surface area contributed by atoms with Gasteiger partial charge in [0.15, 0.2) is 5.13 Å². The number of nitrogens with zero attached hydrogens (tertiary/aromatic N) is 1. The fourth-order valence-corrected chi connectivity index (χ4v) is 3.97. The lowest BCUT2D eigenvalue weighted by Gasteiger charge is -2.17. The first-order valence-corrected chi connectivity index (χ1v) is 11.7. The summed E-state index contributed by atoms with van der Waals surface area (Å²) in [4.78, 5) is 30.4. The molecule has 9 heteroatoms. The summed E-state index contributed by atoms with van der Waals surface area (Å²) < 4.78 is 26.7. The fraction of sp³-hybridized carbons (Fsp3) is 0.522. The Bertz CT molecular complexity index is 884. The zero-order valence-electron chi connectivity index (χ0n) is 19.0. The van der Waals surface area contributed by atoms with E-state index in [-0.39, 0.29) is 23.9 Å². The van der Waals surface area contributed by atoms with Gasteiger partial charge in [-0.3, -0.25) is 9.59 Å². The van der Waals surface area contributed by atoms with Gasteiger partial charge in [0.1, 0.15) is 17.7 Å². The lowest BCUT2D eigenvalue weighted by molar-refractivity contribution is -0.126. The molecular formula is C23H32F2N4O2S. The van der Waals surface area contributed by atoms with Crippen LogP contribution in [0, 0.1) is 17.6 Å². The predicted octanol–water partition coefficient (Wildman–Crippen LogP) is 4.58. The van der Waals surface area contributed by atoms with E-state index in [1.807, 2.05) is 6.92 Å². The number of nitrogens with one attached hydrogen (secondary N) is 3. The lowest BCUT2D eigenvalue weighted by Crippen LogP contribution is -2.44. The minimum atomic E-state index is -0.764. The largest absolute Gasteiger partial charge is 0.344 e. The van der Waals surface area contributed by atoms with Gasteiger partial charge in [-0.1, -0.05) is 27.2 Å². The molecule has 1 aromatic heterocycles. The number of carbonyl (C=O) groups excluding carboxylic acids is 2. The van der Waals surface area contributed by atoms with Crippen molar-refractivity contribution in [2.75, 3.05) is 11.9 Å². The van der Waals surface area contributed by atoms with Gasteiger partial charge in [0.05, 0.1) is 6.42 Å². The van der Waals surface area contributed by atoms with Crippen LogP contribution in [-0.4, -0.2) is 29.4 Å². The van der Waals surface area contributed by atoms with Crippen LogP contribution in [0.2, 0.25) is 0 Å². The van der Waals surface area contributed by atoms with Gasteiger partial charge in [-0.25, -0.2) is 13.8 Å². The third-order valence-electron chi connectivity index (χ3n) is 4.87. The van der Waals surface area contributed by atoms with Crippen molar-refractivity contribution in [2.24, 2.45) is 5.92 Å². The van der Waals surface area contributed by atoms with E-state index in [2.05, 4.69) is 41.7 Å². The zero-order chi connectivity index (χ0) is 23.7. The van der Waals surface area contributed by atoms with Crippen molar-refractivity contribution in [1.29, 1.82) is 0 Å². The minimum Gasteiger partial charge on any atom is -0.344 e. The van der Waals surface area contributed by atoms with Crippen molar-refractivity contribution in [1.82, 2.24) is 15.6 Å². The molecule has 0 aliphatic carbocycles. The number of thiazole rings is 1. The Labute approximate surface area is 192 Å². The number of benzene rings is 1. The van der Waals surface area contributed by atoms with Crippen LogP contribution in [-0.2, 0) is 16.0 Å². The highest BCUT2D eigenvalue weighted by Crippen LogP contribution is 2.24. The molecule has 0 bridgehead atoms. The zero-order valence-corrected chi connectivity index (χ0v) is 19.8. The molecule has 2 aromatic rings. The molecule has 176 valence electrons. The highest BCUT2D eigenvalue weighted by molar-refractivity contribution is 7.15. The number of aromatic nitrogens is 1. The molecule has 6 nitrogen and oxygen atoms in total. The van der Waals surface area contributed by atoms with Gasteiger partial charge in [0.2, 0.25) is 11.8 Å². The molecule has 0 saturated heterocycles. The van der Waals surface area contributed by atoms with E-state index < -0.39 is 23.6 Å². The number of amides is 2. The Morgan fingerprint density at radius 2 is 1.78 bits per heavy atom. The third-order valence-corrected chi connectivity index (χ3v) is 5.96. The van der Waals surface area contributed by atoms with E-state index >= 15 is 0 Å². The van der Waals surface area contributed by atoms with Gasteiger partial charge in [-0.05, 0) is 49.9 Å². The van der Waals surface area contributed by atoms with E-state index in [0.29, 0.717) is 23.9 Å². The molecule has 0 fully saturated rings. The molecule has 0 aliphatic heterocycles. The molecule has 2 atom stereocenters. The number of anilines is 1. The van der Waals surface area contributed by atoms with Gasteiger partial charge < -0.3 is 16.0 Å². The first kappa shape index (κ1) is 25.9. The molecule has 0 radical (unpaired) electrons. The van der Waals surface area contributed by atoms with Crippen molar-refractivity contribution in [2.45, 2.75) is 65.5 Å². The average Bonchev–Trinajstić information content (AvgIpc) is 3.15. The van der Waals surface area contributed by atoms with Crippen molar-refractivity contribution in [3.8, 4) is 0 Å². The monoisotopic (exact) mass is 466 g/mol. The molecule has 1 aromatic carbocycles. The second-order valence-electron chi connectivity index (χ2n) is 8.28. The highest BCUT2D eigenvalue weighted by Gasteiger charge is 2.22. The normalized spacial score (nSPS) is 13.1. The fourth-order valence-electron chi connectivity index (χ4n) is 3.13. The molecular weight excluding hydrogens is 434 g/mol. The highest BCUT2D eigenvalue weighted by atomic mass is 32.1. The van der Waals surface area contributed by atoms with Crippen molar-refractivity contribution in [3.05, 3.63) is 46.5 Å². The first-order valence-electron chi connectivity index (χ1n) is 10.9. The SMILES string of the molecule is CCC[C@H](NC(=O)Cc1cc(F)cc(F)c1)C(=O)Nc1ncc(C(C)NCCC(C)C)s1. The number of hydrogen-bond donors (Lipinski definition) is 3. The quantitative estimate of drug-likeness (QED) is 0.427. The van der Waals surface area contributed by atoms with E-state index in [0.717, 1.165) is 36.0 Å². The number of halogens is 2. The Hall–Kier alpha value is -2.39. The van der Waals surface area contributed by atoms with Gasteiger partial charge in [0, 0.05) is 23.2 Å². The van der Waals surface area contributed by atoms with Crippen LogP contribution in [0.4, 0.5) is 13.9 Å². The van der Waals surface area contributed by atoms with Gasteiger partial charge in [-0.2, -0.15) is 0 Å². The Kier molecular flexibility index (Phi) is 10.2. The number of rotatable bonds is 12. The van der Waals surface area contributed by atoms with Crippen LogP contribution in [0.5, 0.6) is 0 Å². The summed E-state index contributed by atoms with van der Waals surface area (Å²) in [5.41, 5.74) is 0.208. The van der Waals surface area contributed by atoms with Crippen LogP contribution >= 0.6 is 11.3 Å². The average molecular weight is 467 g/mol. The second-order valence-corrected chi connectivity index (χ2v) is 9.34. The molecule has 2 rings (SSSR count). The summed E-state index contributed by atoms with van der Waals surface area (Å²) in [5.74, 6) is -1.72. The second kappa shape index (κ2) is 12.6. The predicted molar refractivity (Wildman–Crippen MR) is 124 cm³/mol. The maximum Gasteiger partial charge on any atom is 0.248 e. The molecule has 3 N–H and O–H groups in total. The topological polar surface area (TPSA) is 83.1 Å². The Morgan fingerprint density at radius 1 is 1.09 bits per heavy atom. The summed E-state index contributed by atoms with van der Waals surface area (Å²) in [6.45, 7) is 9.20. The third kappa shape index (κ3) is 8.63. The molecule has 0 saturated carbocycles. The molecule has 1 unspecified atom stereocenters. The van der Waals surface area contributed by atoms with Crippen molar-refractivity contribution in [3.63, 3.8) is 0 Å². The molecule has 0 aliphatic rings. The van der Waals surface area contributed by atoms with Gasteiger partial charge in [0.25, 0.3) is 0 Å². The molecule has 2 amide bonds. The number of hydrogen-bond acceptors (Lipinski definition) is 5. The van der Waals surface area contributed by atoms with E-state index in [1.54, 1.807) is 6.20 Å². The number of carbonyl (C=O) groups is 2. The van der Waals surface area contributed by atoms with E-state index in [1.165, 1.54) is 11.3 Å². The van der Waals surface area contributed by atoms with E-state index in [4.69, 9.17) is 0 Å². The van der Waals surface area contributed by atoms with Crippen LogP contribution in [0.3, 0.4) is 0 Å². The van der Waals surface area contributed by atoms with Crippen LogP contribution < -0.4 is 16.0 Å². The van der Waals surface area contributed by atoms with Crippen LogP contribution in [0.1, 0.15) is 63.4 Å². The standard InChI is InChI=1S/C23H32F2N4O2S/c1-5-6-19(28-21(30)11-16-9-17(24)12-18(25)10-16)22(31)29-23-27-13-20(32-23)15(4)26-8-7-14(2)3/h9-10,12-15,19,26H,5-8,11H2,1-4H3,(H,28,30)(H,27,29,31)/t15?,19-/m0/s1. The van der Waals surface area contributed by atoms with Crippen LogP contribution in [0.15, 0.2) is 24.4 Å². The Balaban J connectivity index is 1.93. The lowest BCUT2D eigenvalue weighted by atomic mass is 10.1. The Morgan fingerprint density at radius 3 is 2.41 bits per heavy atom. The van der Waals surface area contributed by atoms with Gasteiger partial charge >= 0.3 is 0 Å². The minimum absolute atomic E-state index is 0.120. The molecule has 1 heterocycles. The van der Waals surface area contributed by atoms with Crippen molar-refractivity contribution < 1.29 is 18.4 Å². The van der Waals surface area contributed by atoms with Gasteiger partial charge in [-0.15, -0.1) is 11.3 Å².